The van der Waals surface area contributed by atoms with Gasteiger partial charge in [0.2, 0.25) is 0 Å². The number of halogens is 3. The molecule has 2 aromatic rings. The number of carbonyl (C=O) groups is 1. The predicted molar refractivity (Wildman–Crippen MR) is 99.7 cm³/mol. The van der Waals surface area contributed by atoms with Gasteiger partial charge in [-0.1, -0.05) is 0 Å². The summed E-state index contributed by atoms with van der Waals surface area (Å²) in [6, 6.07) is 8.06. The highest BCUT2D eigenvalue weighted by molar-refractivity contribution is 14.1. The van der Waals surface area contributed by atoms with Crippen LogP contribution in [0, 0.1) is 10.7 Å². The predicted octanol–water partition coefficient (Wildman–Crippen LogP) is 4.70. The van der Waals surface area contributed by atoms with Gasteiger partial charge in [-0.3, -0.25) is 0 Å². The smallest absolute Gasteiger partial charge is 0.335 e. The summed E-state index contributed by atoms with van der Waals surface area (Å²) in [7, 11) is 0. The molecular weight excluding hydrogens is 601 g/mol. The number of hydrogen-bond acceptors (Lipinski definition) is 3. The zero-order valence-electron chi connectivity index (χ0n) is 9.73. The topological polar surface area (TPSA) is 66.8 Å². The van der Waals surface area contributed by atoms with E-state index in [1.807, 2.05) is 67.8 Å². The van der Waals surface area contributed by atoms with Gasteiger partial charge in [-0.2, -0.15) is 0 Å². The highest BCUT2D eigenvalue weighted by atomic mass is 127. The standard InChI is InChI=1S/C13H7I3O4/c14-8-5-7(1-2-11(8)17)20-12-9(15)3-6(13(18)19)4-10(12)16/h1-5,17H,(H,18,19). The molecule has 0 bridgehead atoms. The molecule has 0 atom stereocenters. The third kappa shape index (κ3) is 3.67. The Hall–Kier alpha value is -0.300. The summed E-state index contributed by atoms with van der Waals surface area (Å²) < 4.78 is 7.91. The molecule has 0 unspecified atom stereocenters. The normalized spacial score (nSPS) is 10.3. The zero-order chi connectivity index (χ0) is 14.9. The average Bonchev–Trinajstić information content (AvgIpc) is 2.37. The van der Waals surface area contributed by atoms with Crippen molar-refractivity contribution in [3.05, 3.63) is 46.6 Å². The quantitative estimate of drug-likeness (QED) is 0.497. The minimum atomic E-state index is -0.966. The largest absolute Gasteiger partial charge is 0.507 e. The van der Waals surface area contributed by atoms with Crippen LogP contribution in [0.2, 0.25) is 0 Å². The molecule has 104 valence electrons. The Morgan fingerprint density at radius 2 is 1.60 bits per heavy atom. The minimum Gasteiger partial charge on any atom is -0.507 e. The molecule has 20 heavy (non-hydrogen) atoms. The molecule has 0 saturated carbocycles. The van der Waals surface area contributed by atoms with Gasteiger partial charge in [0, 0.05) is 0 Å². The lowest BCUT2D eigenvalue weighted by Gasteiger charge is -2.11. The number of carboxylic acids is 1. The molecule has 0 radical (unpaired) electrons. The van der Waals surface area contributed by atoms with Crippen molar-refractivity contribution in [3.8, 4) is 17.2 Å². The molecule has 0 aliphatic rings. The summed E-state index contributed by atoms with van der Waals surface area (Å²) >= 11 is 6.10. The van der Waals surface area contributed by atoms with E-state index >= 15 is 0 Å². The summed E-state index contributed by atoms with van der Waals surface area (Å²) in [4.78, 5) is 11.0. The molecule has 2 aromatic carbocycles. The van der Waals surface area contributed by atoms with Crippen LogP contribution in [-0.4, -0.2) is 16.2 Å². The van der Waals surface area contributed by atoms with Gasteiger partial charge >= 0.3 is 5.97 Å². The summed E-state index contributed by atoms with van der Waals surface area (Å²) in [5.74, 6) is 0.430. The molecule has 0 fully saturated rings. The first-order valence-corrected chi connectivity index (χ1v) is 8.51. The number of aromatic carboxylic acids is 1. The molecule has 0 amide bonds. The minimum absolute atomic E-state index is 0.198. The summed E-state index contributed by atoms with van der Waals surface area (Å²) in [5.41, 5.74) is 0.228. The Morgan fingerprint density at radius 3 is 2.10 bits per heavy atom. The molecule has 4 nitrogen and oxygen atoms in total. The highest BCUT2D eigenvalue weighted by Gasteiger charge is 2.14. The van der Waals surface area contributed by atoms with Crippen LogP contribution in [0.15, 0.2) is 30.3 Å². The van der Waals surface area contributed by atoms with Gasteiger partial charge < -0.3 is 14.9 Å². The zero-order valence-corrected chi connectivity index (χ0v) is 16.2. The van der Waals surface area contributed by atoms with E-state index in [0.29, 0.717) is 15.1 Å². The number of carboxylic acid groups (broad SMARTS) is 1. The Bertz CT molecular complexity index is 662. The van der Waals surface area contributed by atoms with Crippen molar-refractivity contribution in [1.82, 2.24) is 0 Å². The van der Waals surface area contributed by atoms with E-state index in [0.717, 1.165) is 7.14 Å². The van der Waals surface area contributed by atoms with Crippen LogP contribution in [0.3, 0.4) is 0 Å². The van der Waals surface area contributed by atoms with Crippen LogP contribution in [-0.2, 0) is 0 Å². The maximum atomic E-state index is 11.0. The average molecular weight is 608 g/mol. The summed E-state index contributed by atoms with van der Waals surface area (Å²) in [6.07, 6.45) is 0. The Labute approximate surface area is 156 Å². The fraction of sp³-hybridized carbons (Fsp3) is 0. The molecule has 2 N–H and O–H groups in total. The summed E-state index contributed by atoms with van der Waals surface area (Å²) in [6.45, 7) is 0. The maximum Gasteiger partial charge on any atom is 0.335 e. The van der Waals surface area contributed by atoms with Gasteiger partial charge in [0.05, 0.1) is 16.3 Å². The highest BCUT2D eigenvalue weighted by Crippen LogP contribution is 2.34. The SMILES string of the molecule is O=C(O)c1cc(I)c(Oc2ccc(O)c(I)c2)c(I)c1. The van der Waals surface area contributed by atoms with Crippen LogP contribution in [0.25, 0.3) is 0 Å². The van der Waals surface area contributed by atoms with E-state index < -0.39 is 5.97 Å². The molecule has 7 heteroatoms. The van der Waals surface area contributed by atoms with Crippen molar-refractivity contribution >= 4 is 73.7 Å². The van der Waals surface area contributed by atoms with Gasteiger partial charge in [-0.05, 0) is 98.1 Å². The fourth-order valence-corrected chi connectivity index (χ4v) is 3.92. The van der Waals surface area contributed by atoms with Gasteiger partial charge in [0.1, 0.15) is 11.5 Å². The molecule has 0 aliphatic heterocycles. The second-order valence-corrected chi connectivity index (χ2v) is 7.28. The van der Waals surface area contributed by atoms with Gasteiger partial charge in [0.25, 0.3) is 0 Å². The van der Waals surface area contributed by atoms with Crippen molar-refractivity contribution in [1.29, 1.82) is 0 Å². The van der Waals surface area contributed by atoms with Crippen LogP contribution >= 0.6 is 67.8 Å². The Balaban J connectivity index is 2.38. The molecule has 0 heterocycles. The van der Waals surface area contributed by atoms with E-state index in [1.165, 1.54) is 0 Å². The van der Waals surface area contributed by atoms with Crippen molar-refractivity contribution < 1.29 is 19.7 Å². The van der Waals surface area contributed by atoms with Crippen molar-refractivity contribution in [3.63, 3.8) is 0 Å². The number of hydrogen-bond donors (Lipinski definition) is 2. The van der Waals surface area contributed by atoms with Gasteiger partial charge in [-0.25, -0.2) is 4.79 Å². The van der Waals surface area contributed by atoms with Crippen molar-refractivity contribution in [2.75, 3.05) is 0 Å². The first kappa shape index (κ1) is 16.1. The van der Waals surface area contributed by atoms with Crippen LogP contribution in [0.1, 0.15) is 10.4 Å². The number of phenolic OH excluding ortho intramolecular Hbond substituents is 1. The maximum absolute atomic E-state index is 11.0. The third-order valence-electron chi connectivity index (χ3n) is 2.38. The van der Waals surface area contributed by atoms with Gasteiger partial charge in [-0.15, -0.1) is 0 Å². The van der Waals surface area contributed by atoms with Crippen LogP contribution in [0.5, 0.6) is 17.2 Å². The van der Waals surface area contributed by atoms with Crippen molar-refractivity contribution in [2.45, 2.75) is 0 Å². The number of benzene rings is 2. The number of rotatable bonds is 3. The molecule has 0 aliphatic carbocycles. The first-order valence-electron chi connectivity index (χ1n) is 5.27. The van der Waals surface area contributed by atoms with Gasteiger partial charge in [0.15, 0.2) is 5.75 Å². The number of ether oxygens (including phenoxy) is 1. The lowest BCUT2D eigenvalue weighted by molar-refractivity contribution is 0.0696. The van der Waals surface area contributed by atoms with E-state index in [-0.39, 0.29) is 11.3 Å². The molecule has 2 rings (SSSR count). The molecule has 0 saturated heterocycles. The summed E-state index contributed by atoms with van der Waals surface area (Å²) in [5, 5.41) is 18.5. The lowest BCUT2D eigenvalue weighted by atomic mass is 10.2. The Morgan fingerprint density at radius 1 is 1.00 bits per heavy atom. The van der Waals surface area contributed by atoms with Crippen molar-refractivity contribution in [2.24, 2.45) is 0 Å². The Kier molecular flexibility index (Phi) is 5.34. The fourth-order valence-electron chi connectivity index (χ4n) is 1.45. The number of aromatic hydroxyl groups is 1. The van der Waals surface area contributed by atoms with E-state index in [4.69, 9.17) is 9.84 Å². The second-order valence-electron chi connectivity index (χ2n) is 3.79. The van der Waals surface area contributed by atoms with Crippen LogP contribution < -0.4 is 4.74 Å². The number of phenols is 1. The third-order valence-corrected chi connectivity index (χ3v) is 4.85. The first-order chi connectivity index (χ1) is 9.38. The lowest BCUT2D eigenvalue weighted by Crippen LogP contribution is -2.00. The second kappa shape index (κ2) is 6.64. The van der Waals surface area contributed by atoms with E-state index in [1.54, 1.807) is 30.3 Å². The monoisotopic (exact) mass is 608 g/mol. The van der Waals surface area contributed by atoms with Crippen LogP contribution in [0.4, 0.5) is 0 Å². The molecule has 0 aromatic heterocycles. The molecule has 0 spiro atoms. The van der Waals surface area contributed by atoms with E-state index in [9.17, 15) is 9.90 Å². The van der Waals surface area contributed by atoms with E-state index in [2.05, 4.69) is 0 Å². The molecular formula is C13H7I3O4.